The minimum absolute atomic E-state index is 0.953. The van der Waals surface area contributed by atoms with Crippen LogP contribution in [0.15, 0.2) is 36.5 Å². The molecule has 1 heterocycles. The lowest BCUT2D eigenvalue weighted by atomic mass is 10.1. The molecular formula is C17H22N2. The van der Waals surface area contributed by atoms with E-state index in [0.29, 0.717) is 0 Å². The first kappa shape index (κ1) is 12.5. The maximum atomic E-state index is 3.40. The number of rotatable bonds is 5. The van der Waals surface area contributed by atoms with Crippen LogP contribution < -0.4 is 5.32 Å². The van der Waals surface area contributed by atoms with Gasteiger partial charge >= 0.3 is 0 Å². The molecule has 0 spiro atoms. The maximum absolute atomic E-state index is 3.40. The van der Waals surface area contributed by atoms with Crippen molar-refractivity contribution in [2.24, 2.45) is 0 Å². The topological polar surface area (TPSA) is 17.0 Å². The van der Waals surface area contributed by atoms with Gasteiger partial charge in [-0.1, -0.05) is 25.1 Å². The zero-order valence-corrected chi connectivity index (χ0v) is 11.7. The minimum atomic E-state index is 0.953. The van der Waals surface area contributed by atoms with Crippen LogP contribution in [0.25, 0.3) is 0 Å². The van der Waals surface area contributed by atoms with Crippen LogP contribution in [-0.2, 0) is 25.9 Å². The third-order valence-electron chi connectivity index (χ3n) is 4.00. The van der Waals surface area contributed by atoms with Crippen LogP contribution in [0.4, 0.5) is 0 Å². The van der Waals surface area contributed by atoms with E-state index in [-0.39, 0.29) is 0 Å². The Morgan fingerprint density at radius 1 is 1.16 bits per heavy atom. The fourth-order valence-electron chi connectivity index (χ4n) is 2.94. The van der Waals surface area contributed by atoms with Crippen LogP contribution in [0.1, 0.15) is 35.7 Å². The number of benzene rings is 1. The van der Waals surface area contributed by atoms with Crippen molar-refractivity contribution in [2.45, 2.75) is 39.3 Å². The SMILES string of the molecule is CCNCc1cccn1Cc1ccc2c(c1)CCC2. The zero-order chi connectivity index (χ0) is 13.1. The van der Waals surface area contributed by atoms with E-state index in [4.69, 9.17) is 0 Å². The second-order valence-electron chi connectivity index (χ2n) is 5.36. The molecule has 3 rings (SSSR count). The number of aromatic nitrogens is 1. The number of fused-ring (bicyclic) bond motifs is 1. The van der Waals surface area contributed by atoms with Gasteiger partial charge in [0.05, 0.1) is 0 Å². The van der Waals surface area contributed by atoms with Gasteiger partial charge in [0.2, 0.25) is 0 Å². The van der Waals surface area contributed by atoms with Crippen molar-refractivity contribution < 1.29 is 0 Å². The summed E-state index contributed by atoms with van der Waals surface area (Å²) in [5.41, 5.74) is 5.92. The van der Waals surface area contributed by atoms with Crippen LogP contribution >= 0.6 is 0 Å². The molecule has 0 aliphatic heterocycles. The summed E-state index contributed by atoms with van der Waals surface area (Å²) in [5, 5.41) is 3.40. The highest BCUT2D eigenvalue weighted by Crippen LogP contribution is 2.23. The second-order valence-corrected chi connectivity index (χ2v) is 5.36. The van der Waals surface area contributed by atoms with E-state index >= 15 is 0 Å². The smallest absolute Gasteiger partial charge is 0.0473 e. The molecule has 0 atom stereocenters. The number of nitrogens with zero attached hydrogens (tertiary/aromatic N) is 1. The van der Waals surface area contributed by atoms with Gasteiger partial charge in [0.25, 0.3) is 0 Å². The third-order valence-corrected chi connectivity index (χ3v) is 4.00. The molecule has 0 saturated heterocycles. The minimum Gasteiger partial charge on any atom is -0.346 e. The number of aryl methyl sites for hydroxylation is 2. The second kappa shape index (κ2) is 5.62. The Kier molecular flexibility index (Phi) is 3.69. The van der Waals surface area contributed by atoms with Gasteiger partial charge in [-0.3, -0.25) is 0 Å². The van der Waals surface area contributed by atoms with Crippen molar-refractivity contribution in [1.82, 2.24) is 9.88 Å². The Hall–Kier alpha value is -1.54. The largest absolute Gasteiger partial charge is 0.346 e. The van der Waals surface area contributed by atoms with Crippen molar-refractivity contribution in [3.63, 3.8) is 0 Å². The molecule has 19 heavy (non-hydrogen) atoms. The predicted molar refractivity (Wildman–Crippen MR) is 79.4 cm³/mol. The van der Waals surface area contributed by atoms with Gasteiger partial charge in [-0.25, -0.2) is 0 Å². The van der Waals surface area contributed by atoms with Crippen LogP contribution in [-0.4, -0.2) is 11.1 Å². The summed E-state index contributed by atoms with van der Waals surface area (Å²) in [7, 11) is 0. The van der Waals surface area contributed by atoms with Gasteiger partial charge in [-0.05, 0) is 54.6 Å². The summed E-state index contributed by atoms with van der Waals surface area (Å²) in [5.74, 6) is 0. The highest BCUT2D eigenvalue weighted by atomic mass is 15.0. The Morgan fingerprint density at radius 3 is 2.95 bits per heavy atom. The van der Waals surface area contributed by atoms with Gasteiger partial charge in [-0.2, -0.15) is 0 Å². The summed E-state index contributed by atoms with van der Waals surface area (Å²) in [6.45, 7) is 5.10. The lowest BCUT2D eigenvalue weighted by Gasteiger charge is -2.11. The van der Waals surface area contributed by atoms with E-state index < -0.39 is 0 Å². The quantitative estimate of drug-likeness (QED) is 0.867. The van der Waals surface area contributed by atoms with Crippen molar-refractivity contribution >= 4 is 0 Å². The van der Waals surface area contributed by atoms with E-state index in [0.717, 1.165) is 19.6 Å². The molecule has 1 aliphatic carbocycles. The van der Waals surface area contributed by atoms with Gasteiger partial charge in [0.15, 0.2) is 0 Å². The highest BCUT2D eigenvalue weighted by Gasteiger charge is 2.11. The average molecular weight is 254 g/mol. The summed E-state index contributed by atoms with van der Waals surface area (Å²) in [4.78, 5) is 0. The molecule has 0 amide bonds. The molecule has 2 heteroatoms. The van der Waals surface area contributed by atoms with Crippen LogP contribution in [0.3, 0.4) is 0 Å². The van der Waals surface area contributed by atoms with Gasteiger partial charge in [-0.15, -0.1) is 0 Å². The summed E-state index contributed by atoms with van der Waals surface area (Å²) in [6, 6.07) is 11.4. The number of hydrogen-bond donors (Lipinski definition) is 1. The zero-order valence-electron chi connectivity index (χ0n) is 11.7. The number of nitrogens with one attached hydrogen (secondary N) is 1. The molecule has 1 aromatic heterocycles. The van der Waals surface area contributed by atoms with E-state index in [2.05, 4.69) is 53.3 Å². The monoisotopic (exact) mass is 254 g/mol. The highest BCUT2D eigenvalue weighted by molar-refractivity contribution is 5.35. The molecule has 1 aliphatic rings. The fraction of sp³-hybridized carbons (Fsp3) is 0.412. The Balaban J connectivity index is 1.76. The van der Waals surface area contributed by atoms with Crippen molar-refractivity contribution in [1.29, 1.82) is 0 Å². The molecule has 0 saturated carbocycles. The lowest BCUT2D eigenvalue weighted by molar-refractivity contribution is 0.657. The fourth-order valence-corrected chi connectivity index (χ4v) is 2.94. The maximum Gasteiger partial charge on any atom is 0.0473 e. The average Bonchev–Trinajstić information content (AvgIpc) is 3.05. The first-order valence-corrected chi connectivity index (χ1v) is 7.32. The summed E-state index contributed by atoms with van der Waals surface area (Å²) < 4.78 is 2.35. The summed E-state index contributed by atoms with van der Waals surface area (Å²) >= 11 is 0. The molecule has 100 valence electrons. The molecule has 1 aromatic carbocycles. The third kappa shape index (κ3) is 2.74. The molecule has 1 N–H and O–H groups in total. The Morgan fingerprint density at radius 2 is 2.05 bits per heavy atom. The molecule has 0 radical (unpaired) electrons. The van der Waals surface area contributed by atoms with Crippen LogP contribution in [0, 0.1) is 0 Å². The normalized spacial score (nSPS) is 13.7. The van der Waals surface area contributed by atoms with Crippen LogP contribution in [0.2, 0.25) is 0 Å². The standard InChI is InChI=1S/C17H22N2/c1-2-18-12-17-7-4-10-19(17)13-14-8-9-15-5-3-6-16(15)11-14/h4,7-11,18H,2-3,5-6,12-13H2,1H3. The lowest BCUT2D eigenvalue weighted by Crippen LogP contribution is -2.15. The van der Waals surface area contributed by atoms with E-state index in [1.165, 1.54) is 30.5 Å². The van der Waals surface area contributed by atoms with E-state index in [1.54, 1.807) is 11.1 Å². The van der Waals surface area contributed by atoms with Gasteiger partial charge in [0, 0.05) is 25.0 Å². The molecule has 0 fully saturated rings. The first-order valence-electron chi connectivity index (χ1n) is 7.32. The Labute approximate surface area is 115 Å². The molecule has 2 nitrogen and oxygen atoms in total. The molecule has 2 aromatic rings. The van der Waals surface area contributed by atoms with Gasteiger partial charge < -0.3 is 9.88 Å². The van der Waals surface area contributed by atoms with E-state index in [1.807, 2.05) is 0 Å². The molecular weight excluding hydrogens is 232 g/mol. The molecule has 0 bridgehead atoms. The number of hydrogen-bond acceptors (Lipinski definition) is 1. The Bertz CT molecular complexity index is 554. The van der Waals surface area contributed by atoms with Gasteiger partial charge in [0.1, 0.15) is 0 Å². The van der Waals surface area contributed by atoms with Crippen molar-refractivity contribution in [3.8, 4) is 0 Å². The molecule has 0 unspecified atom stereocenters. The van der Waals surface area contributed by atoms with Crippen molar-refractivity contribution in [3.05, 3.63) is 58.9 Å². The van der Waals surface area contributed by atoms with E-state index in [9.17, 15) is 0 Å². The predicted octanol–water partition coefficient (Wildman–Crippen LogP) is 3.13. The van der Waals surface area contributed by atoms with Crippen molar-refractivity contribution in [2.75, 3.05) is 6.54 Å². The first-order chi connectivity index (χ1) is 9.36. The summed E-state index contributed by atoms with van der Waals surface area (Å²) in [6.07, 6.45) is 6.04. The van der Waals surface area contributed by atoms with Crippen LogP contribution in [0.5, 0.6) is 0 Å².